The van der Waals surface area contributed by atoms with Crippen molar-refractivity contribution in [1.29, 1.82) is 0 Å². The summed E-state index contributed by atoms with van der Waals surface area (Å²) >= 11 is 5.94. The molecule has 1 heterocycles. The lowest BCUT2D eigenvalue weighted by Gasteiger charge is -2.08. The Bertz CT molecular complexity index is 634. The number of carbonyl (C=O) groups excluding carboxylic acids is 1. The molecule has 0 spiro atoms. The van der Waals surface area contributed by atoms with Crippen LogP contribution in [0, 0.1) is 0 Å². The van der Waals surface area contributed by atoms with Crippen LogP contribution in [0.5, 0.6) is 0 Å². The van der Waals surface area contributed by atoms with Gasteiger partial charge in [0.05, 0.1) is 0 Å². The maximum Gasteiger partial charge on any atom is 0.251 e. The van der Waals surface area contributed by atoms with Gasteiger partial charge in [-0.2, -0.15) is 0 Å². The Balaban J connectivity index is 1.98. The molecule has 2 aromatic rings. The van der Waals surface area contributed by atoms with Gasteiger partial charge in [0, 0.05) is 42.7 Å². The Labute approximate surface area is 134 Å². The van der Waals surface area contributed by atoms with Gasteiger partial charge in [-0.25, -0.2) is 4.98 Å². The largest absolute Gasteiger partial charge is 0.385 e. The SMILES string of the molecule is COCCCNC(=O)c1ccnc(Nc2cccc(Cl)c2)c1. The van der Waals surface area contributed by atoms with Crippen LogP contribution in [-0.2, 0) is 4.74 Å². The molecule has 2 N–H and O–H groups in total. The average Bonchev–Trinajstić information content (AvgIpc) is 2.52. The minimum absolute atomic E-state index is 0.132. The van der Waals surface area contributed by atoms with Crippen LogP contribution in [0.15, 0.2) is 42.6 Å². The van der Waals surface area contributed by atoms with E-state index in [1.54, 1.807) is 37.6 Å². The highest BCUT2D eigenvalue weighted by Crippen LogP contribution is 2.19. The summed E-state index contributed by atoms with van der Waals surface area (Å²) in [5.41, 5.74) is 1.37. The number of hydrogen-bond donors (Lipinski definition) is 2. The van der Waals surface area contributed by atoms with Crippen LogP contribution in [0.25, 0.3) is 0 Å². The van der Waals surface area contributed by atoms with E-state index >= 15 is 0 Å². The lowest BCUT2D eigenvalue weighted by Crippen LogP contribution is -2.25. The van der Waals surface area contributed by atoms with Crippen LogP contribution in [0.2, 0.25) is 5.02 Å². The molecule has 1 amide bonds. The number of carbonyl (C=O) groups is 1. The highest BCUT2D eigenvalue weighted by atomic mass is 35.5. The molecule has 6 heteroatoms. The lowest BCUT2D eigenvalue weighted by atomic mass is 10.2. The van der Waals surface area contributed by atoms with E-state index in [0.717, 1.165) is 12.1 Å². The summed E-state index contributed by atoms with van der Waals surface area (Å²) in [5.74, 6) is 0.458. The van der Waals surface area contributed by atoms with Gasteiger partial charge in [-0.1, -0.05) is 17.7 Å². The maximum atomic E-state index is 12.0. The topological polar surface area (TPSA) is 63.2 Å². The van der Waals surface area contributed by atoms with E-state index in [9.17, 15) is 4.79 Å². The second kappa shape index (κ2) is 8.36. The number of nitrogens with zero attached hydrogens (tertiary/aromatic N) is 1. The number of pyridine rings is 1. The third-order valence-electron chi connectivity index (χ3n) is 2.93. The number of anilines is 2. The Morgan fingerprint density at radius 1 is 1.32 bits per heavy atom. The first-order valence-corrected chi connectivity index (χ1v) is 7.32. The molecule has 2 rings (SSSR count). The Morgan fingerprint density at radius 2 is 2.18 bits per heavy atom. The average molecular weight is 320 g/mol. The number of nitrogens with one attached hydrogen (secondary N) is 2. The number of hydrogen-bond acceptors (Lipinski definition) is 4. The molecule has 0 radical (unpaired) electrons. The smallest absolute Gasteiger partial charge is 0.251 e. The zero-order chi connectivity index (χ0) is 15.8. The van der Waals surface area contributed by atoms with Gasteiger partial charge in [0.2, 0.25) is 0 Å². The van der Waals surface area contributed by atoms with Crippen molar-refractivity contribution in [2.24, 2.45) is 0 Å². The molecular weight excluding hydrogens is 302 g/mol. The Kier molecular flexibility index (Phi) is 6.18. The molecule has 1 aromatic carbocycles. The van der Waals surface area contributed by atoms with E-state index < -0.39 is 0 Å². The second-order valence-corrected chi connectivity index (χ2v) is 5.10. The number of ether oxygens (including phenoxy) is 1. The quantitative estimate of drug-likeness (QED) is 0.769. The van der Waals surface area contributed by atoms with E-state index in [-0.39, 0.29) is 5.91 Å². The fraction of sp³-hybridized carbons (Fsp3) is 0.250. The van der Waals surface area contributed by atoms with E-state index in [2.05, 4.69) is 15.6 Å². The lowest BCUT2D eigenvalue weighted by molar-refractivity contribution is 0.0948. The normalized spacial score (nSPS) is 10.3. The number of aromatic nitrogens is 1. The predicted molar refractivity (Wildman–Crippen MR) is 87.8 cm³/mol. The van der Waals surface area contributed by atoms with Gasteiger partial charge >= 0.3 is 0 Å². The minimum atomic E-state index is -0.132. The van der Waals surface area contributed by atoms with E-state index in [4.69, 9.17) is 16.3 Å². The van der Waals surface area contributed by atoms with Crippen LogP contribution in [0.1, 0.15) is 16.8 Å². The molecule has 0 fully saturated rings. The first-order valence-electron chi connectivity index (χ1n) is 6.95. The van der Waals surface area contributed by atoms with Crippen molar-refractivity contribution < 1.29 is 9.53 Å². The van der Waals surface area contributed by atoms with E-state index in [1.807, 2.05) is 12.1 Å². The van der Waals surface area contributed by atoms with Gasteiger partial charge < -0.3 is 15.4 Å². The Hall–Kier alpha value is -2.11. The molecule has 1 aromatic heterocycles. The highest BCUT2D eigenvalue weighted by molar-refractivity contribution is 6.30. The summed E-state index contributed by atoms with van der Waals surface area (Å²) in [6.45, 7) is 1.20. The summed E-state index contributed by atoms with van der Waals surface area (Å²) < 4.78 is 4.94. The molecule has 0 aliphatic carbocycles. The molecule has 22 heavy (non-hydrogen) atoms. The van der Waals surface area contributed by atoms with E-state index in [1.165, 1.54) is 0 Å². The third-order valence-corrected chi connectivity index (χ3v) is 3.17. The van der Waals surface area contributed by atoms with Gasteiger partial charge in [0.1, 0.15) is 5.82 Å². The van der Waals surface area contributed by atoms with Gasteiger partial charge in [0.25, 0.3) is 5.91 Å². The molecule has 0 unspecified atom stereocenters. The molecule has 0 bridgehead atoms. The maximum absolute atomic E-state index is 12.0. The van der Waals surface area contributed by atoms with Gasteiger partial charge in [0.15, 0.2) is 0 Å². The molecule has 0 saturated carbocycles. The summed E-state index contributed by atoms with van der Waals surface area (Å²) in [4.78, 5) is 16.2. The zero-order valence-corrected chi connectivity index (χ0v) is 13.1. The van der Waals surface area contributed by atoms with Crippen LogP contribution in [0.3, 0.4) is 0 Å². The number of rotatable bonds is 7. The summed E-state index contributed by atoms with van der Waals surface area (Å²) in [7, 11) is 1.64. The molecule has 0 atom stereocenters. The van der Waals surface area contributed by atoms with Gasteiger partial charge in [-0.3, -0.25) is 4.79 Å². The molecule has 116 valence electrons. The number of amides is 1. The molecule has 5 nitrogen and oxygen atoms in total. The van der Waals surface area contributed by atoms with Gasteiger partial charge in [-0.05, 0) is 36.8 Å². The van der Waals surface area contributed by atoms with Crippen LogP contribution >= 0.6 is 11.6 Å². The first kappa shape index (κ1) is 16.3. The second-order valence-electron chi connectivity index (χ2n) is 4.67. The van der Waals surface area contributed by atoms with Crippen molar-refractivity contribution in [3.63, 3.8) is 0 Å². The van der Waals surface area contributed by atoms with Crippen molar-refractivity contribution in [3.05, 3.63) is 53.2 Å². The Morgan fingerprint density at radius 3 is 2.95 bits per heavy atom. The van der Waals surface area contributed by atoms with Crippen molar-refractivity contribution in [2.45, 2.75) is 6.42 Å². The molecule has 0 saturated heterocycles. The van der Waals surface area contributed by atoms with Crippen LogP contribution in [0.4, 0.5) is 11.5 Å². The highest BCUT2D eigenvalue weighted by Gasteiger charge is 2.06. The number of halogens is 1. The van der Waals surface area contributed by atoms with Crippen LogP contribution < -0.4 is 10.6 Å². The number of benzene rings is 1. The standard InChI is InChI=1S/C16H18ClN3O2/c1-22-9-3-7-19-16(21)12-6-8-18-15(10-12)20-14-5-2-4-13(17)11-14/h2,4-6,8,10-11H,3,7,9H2,1H3,(H,18,20)(H,19,21). The fourth-order valence-electron chi connectivity index (χ4n) is 1.87. The first-order chi connectivity index (χ1) is 10.7. The third kappa shape index (κ3) is 5.02. The van der Waals surface area contributed by atoms with Crippen molar-refractivity contribution >= 4 is 29.0 Å². The van der Waals surface area contributed by atoms with Crippen molar-refractivity contribution in [2.75, 3.05) is 25.6 Å². The van der Waals surface area contributed by atoms with E-state index in [0.29, 0.717) is 29.6 Å². The van der Waals surface area contributed by atoms with Crippen LogP contribution in [-0.4, -0.2) is 31.2 Å². The monoisotopic (exact) mass is 319 g/mol. The molecule has 0 aliphatic heterocycles. The predicted octanol–water partition coefficient (Wildman–Crippen LogP) is 3.24. The zero-order valence-electron chi connectivity index (χ0n) is 12.3. The van der Waals surface area contributed by atoms with Crippen molar-refractivity contribution in [1.82, 2.24) is 10.3 Å². The fourth-order valence-corrected chi connectivity index (χ4v) is 2.07. The minimum Gasteiger partial charge on any atom is -0.385 e. The number of methoxy groups -OCH3 is 1. The van der Waals surface area contributed by atoms with Crippen molar-refractivity contribution in [3.8, 4) is 0 Å². The molecule has 0 aliphatic rings. The molecular formula is C16H18ClN3O2. The summed E-state index contributed by atoms with van der Waals surface area (Å²) in [6.07, 6.45) is 2.37. The summed E-state index contributed by atoms with van der Waals surface area (Å²) in [5, 5.41) is 6.60. The van der Waals surface area contributed by atoms with Gasteiger partial charge in [-0.15, -0.1) is 0 Å². The summed E-state index contributed by atoms with van der Waals surface area (Å²) in [6, 6.07) is 10.7.